The maximum atomic E-state index is 12.8. The minimum Gasteiger partial charge on any atom is -0.322 e. The minimum absolute atomic E-state index is 0.168. The highest BCUT2D eigenvalue weighted by Gasteiger charge is 2.24. The number of piperidine rings is 1. The number of hydrogen-bond donors (Lipinski definition) is 1. The number of nitrogens with zero attached hydrogens (tertiary/aromatic N) is 1. The smallest absolute Gasteiger partial charge is 0.316 e. The summed E-state index contributed by atoms with van der Waals surface area (Å²) in [6, 6.07) is 6.33. The molecular weight excluding hydrogens is 255 g/mol. The molecule has 0 aromatic heterocycles. The van der Waals surface area contributed by atoms with Crippen LogP contribution < -0.4 is 5.32 Å². The van der Waals surface area contributed by atoms with Gasteiger partial charge in [0.1, 0.15) is 5.82 Å². The number of carbonyl (C=O) groups is 1. The second kappa shape index (κ2) is 6.16. The first-order valence-electron chi connectivity index (χ1n) is 6.08. The van der Waals surface area contributed by atoms with Crippen LogP contribution in [0.2, 0.25) is 0 Å². The molecule has 1 saturated heterocycles. The van der Waals surface area contributed by atoms with E-state index in [1.54, 1.807) is 17.0 Å². The number of nitrogens with one attached hydrogen (secondary N) is 1. The first-order valence-corrected chi connectivity index (χ1v) is 6.46. The van der Waals surface area contributed by atoms with Gasteiger partial charge in [0.2, 0.25) is 0 Å². The van der Waals surface area contributed by atoms with Crippen LogP contribution >= 0.6 is 11.6 Å². The van der Waals surface area contributed by atoms with Gasteiger partial charge in [-0.25, -0.2) is 4.39 Å². The van der Waals surface area contributed by atoms with Crippen LogP contribution in [0.1, 0.15) is 18.4 Å². The number of benzene rings is 1. The number of hydrogen-bond acceptors (Lipinski definition) is 2. The fourth-order valence-electron chi connectivity index (χ4n) is 2.24. The predicted octanol–water partition coefficient (Wildman–Crippen LogP) is 2.74. The Kier molecular flexibility index (Phi) is 4.55. The van der Waals surface area contributed by atoms with E-state index in [4.69, 9.17) is 11.6 Å². The Morgan fingerprint density at radius 2 is 1.94 bits per heavy atom. The molecule has 0 aliphatic carbocycles. The third-order valence-electron chi connectivity index (χ3n) is 3.24. The molecule has 1 aliphatic heterocycles. The average Bonchev–Trinajstić information content (AvgIpc) is 2.38. The van der Waals surface area contributed by atoms with Crippen molar-refractivity contribution in [2.75, 3.05) is 13.1 Å². The van der Waals surface area contributed by atoms with Gasteiger partial charge < -0.3 is 10.2 Å². The van der Waals surface area contributed by atoms with Crippen LogP contribution in [-0.2, 0) is 6.54 Å². The first-order chi connectivity index (χ1) is 8.66. The van der Waals surface area contributed by atoms with E-state index in [2.05, 4.69) is 5.32 Å². The SMILES string of the molecule is O=C(Cl)N(Cc1ccc(F)cc1)C1CCNCC1. The Morgan fingerprint density at radius 1 is 1.33 bits per heavy atom. The second-order valence-electron chi connectivity index (χ2n) is 4.49. The van der Waals surface area contributed by atoms with Crippen LogP contribution in [-0.4, -0.2) is 29.4 Å². The molecule has 0 spiro atoms. The number of halogens is 2. The number of rotatable bonds is 3. The quantitative estimate of drug-likeness (QED) is 0.677. The number of amides is 1. The van der Waals surface area contributed by atoms with Crippen molar-refractivity contribution in [2.24, 2.45) is 0 Å². The van der Waals surface area contributed by atoms with E-state index in [-0.39, 0.29) is 11.9 Å². The Morgan fingerprint density at radius 3 is 2.50 bits per heavy atom. The van der Waals surface area contributed by atoms with Crippen LogP contribution in [0.15, 0.2) is 24.3 Å². The normalized spacial score (nSPS) is 16.6. The average molecular weight is 271 g/mol. The van der Waals surface area contributed by atoms with Crippen LogP contribution in [0, 0.1) is 5.82 Å². The molecule has 1 fully saturated rings. The molecule has 1 amide bonds. The maximum Gasteiger partial charge on any atom is 0.316 e. The lowest BCUT2D eigenvalue weighted by atomic mass is 10.0. The van der Waals surface area contributed by atoms with Crippen molar-refractivity contribution in [1.82, 2.24) is 10.2 Å². The molecule has 1 heterocycles. The third-order valence-corrected chi connectivity index (χ3v) is 3.46. The van der Waals surface area contributed by atoms with Gasteiger partial charge in [-0.2, -0.15) is 0 Å². The van der Waals surface area contributed by atoms with Gasteiger partial charge >= 0.3 is 5.37 Å². The summed E-state index contributed by atoms with van der Waals surface area (Å²) in [7, 11) is 0. The zero-order valence-electron chi connectivity index (χ0n) is 10.0. The van der Waals surface area contributed by atoms with Gasteiger partial charge in [-0.1, -0.05) is 12.1 Å². The van der Waals surface area contributed by atoms with E-state index in [1.165, 1.54) is 12.1 Å². The molecule has 98 valence electrons. The standard InChI is InChI=1S/C13H16ClFN2O/c14-13(18)17(12-5-7-16-8-6-12)9-10-1-3-11(15)4-2-10/h1-4,12,16H,5-9H2. The third kappa shape index (κ3) is 3.43. The molecule has 3 nitrogen and oxygen atoms in total. The van der Waals surface area contributed by atoms with Crippen LogP contribution in [0.3, 0.4) is 0 Å². The fourth-order valence-corrected chi connectivity index (χ4v) is 2.44. The summed E-state index contributed by atoms with van der Waals surface area (Å²) in [6.07, 6.45) is 1.80. The molecule has 18 heavy (non-hydrogen) atoms. The summed E-state index contributed by atoms with van der Waals surface area (Å²) < 4.78 is 12.8. The minimum atomic E-state index is -0.439. The van der Waals surface area contributed by atoms with Crippen LogP contribution in [0.5, 0.6) is 0 Å². The van der Waals surface area contributed by atoms with Gasteiger partial charge in [0, 0.05) is 12.6 Å². The Bertz CT molecular complexity index is 404. The van der Waals surface area contributed by atoms with Gasteiger partial charge in [-0.3, -0.25) is 4.79 Å². The molecule has 1 N–H and O–H groups in total. The summed E-state index contributed by atoms with van der Waals surface area (Å²) in [5.74, 6) is -0.274. The summed E-state index contributed by atoms with van der Waals surface area (Å²) in [6.45, 7) is 2.23. The zero-order chi connectivity index (χ0) is 13.0. The molecular formula is C13H16ClFN2O. The molecule has 0 saturated carbocycles. The topological polar surface area (TPSA) is 32.3 Å². The molecule has 1 aromatic rings. The van der Waals surface area contributed by atoms with E-state index in [9.17, 15) is 9.18 Å². The van der Waals surface area contributed by atoms with Crippen LogP contribution in [0.4, 0.5) is 9.18 Å². The number of carbonyl (C=O) groups excluding carboxylic acids is 1. The molecule has 5 heteroatoms. The van der Waals surface area contributed by atoms with Crippen molar-refractivity contribution in [1.29, 1.82) is 0 Å². The first kappa shape index (κ1) is 13.3. The van der Waals surface area contributed by atoms with Crippen molar-refractivity contribution in [2.45, 2.75) is 25.4 Å². The van der Waals surface area contributed by atoms with Crippen LogP contribution in [0.25, 0.3) is 0 Å². The highest BCUT2D eigenvalue weighted by molar-refractivity contribution is 6.62. The fraction of sp³-hybridized carbons (Fsp3) is 0.462. The lowest BCUT2D eigenvalue weighted by Gasteiger charge is -2.33. The Labute approximate surface area is 111 Å². The van der Waals surface area contributed by atoms with Gasteiger partial charge in [0.25, 0.3) is 0 Å². The van der Waals surface area contributed by atoms with Crippen molar-refractivity contribution < 1.29 is 9.18 Å². The van der Waals surface area contributed by atoms with E-state index >= 15 is 0 Å². The monoisotopic (exact) mass is 270 g/mol. The predicted molar refractivity (Wildman–Crippen MR) is 69.1 cm³/mol. The lowest BCUT2D eigenvalue weighted by molar-refractivity contribution is 0.175. The highest BCUT2D eigenvalue weighted by Crippen LogP contribution is 2.18. The van der Waals surface area contributed by atoms with E-state index in [1.807, 2.05) is 0 Å². The van der Waals surface area contributed by atoms with Gasteiger partial charge in [0.05, 0.1) is 0 Å². The molecule has 1 aliphatic rings. The van der Waals surface area contributed by atoms with Crippen molar-refractivity contribution in [3.05, 3.63) is 35.6 Å². The van der Waals surface area contributed by atoms with Crippen molar-refractivity contribution >= 4 is 17.0 Å². The summed E-state index contributed by atoms with van der Waals surface area (Å²) in [5, 5.41) is 2.81. The maximum absolute atomic E-state index is 12.8. The van der Waals surface area contributed by atoms with E-state index in [0.29, 0.717) is 6.54 Å². The largest absolute Gasteiger partial charge is 0.322 e. The zero-order valence-corrected chi connectivity index (χ0v) is 10.8. The lowest BCUT2D eigenvalue weighted by Crippen LogP contribution is -2.43. The van der Waals surface area contributed by atoms with E-state index in [0.717, 1.165) is 31.5 Å². The molecule has 0 unspecified atom stereocenters. The summed E-state index contributed by atoms with van der Waals surface area (Å²) in [5.41, 5.74) is 0.893. The van der Waals surface area contributed by atoms with Crippen molar-refractivity contribution in [3.63, 3.8) is 0 Å². The molecule has 0 bridgehead atoms. The molecule has 0 atom stereocenters. The van der Waals surface area contributed by atoms with Gasteiger partial charge in [0.15, 0.2) is 0 Å². The molecule has 1 aromatic carbocycles. The van der Waals surface area contributed by atoms with Crippen molar-refractivity contribution in [3.8, 4) is 0 Å². The summed E-state index contributed by atoms with van der Waals surface area (Å²) in [4.78, 5) is 13.2. The van der Waals surface area contributed by atoms with Gasteiger partial charge in [-0.05, 0) is 55.2 Å². The Balaban J connectivity index is 2.05. The highest BCUT2D eigenvalue weighted by atomic mass is 35.5. The van der Waals surface area contributed by atoms with Gasteiger partial charge in [-0.15, -0.1) is 0 Å². The summed E-state index contributed by atoms with van der Waals surface area (Å²) >= 11 is 5.65. The Hall–Kier alpha value is -1.13. The molecule has 2 rings (SSSR count). The molecule has 0 radical (unpaired) electrons. The second-order valence-corrected chi connectivity index (χ2v) is 4.81. The van der Waals surface area contributed by atoms with E-state index < -0.39 is 5.37 Å².